The topological polar surface area (TPSA) is 76.7 Å². The van der Waals surface area contributed by atoms with Crippen LogP contribution in [-0.4, -0.2) is 44.8 Å². The first-order chi connectivity index (χ1) is 10.2. The Morgan fingerprint density at radius 1 is 1.38 bits per heavy atom. The Balaban J connectivity index is 1.76. The summed E-state index contributed by atoms with van der Waals surface area (Å²) in [5, 5.41) is 6.10. The Morgan fingerprint density at radius 2 is 2.14 bits per heavy atom. The Bertz CT molecular complexity index is 481. The molecule has 1 heterocycles. The van der Waals surface area contributed by atoms with Gasteiger partial charge in [-0.3, -0.25) is 4.79 Å². The number of hydrogen-bond acceptors (Lipinski definition) is 5. The van der Waals surface area contributed by atoms with Crippen LogP contribution in [0, 0.1) is 0 Å². The van der Waals surface area contributed by atoms with Crippen LogP contribution >= 0.6 is 0 Å². The molecule has 114 valence electrons. The van der Waals surface area contributed by atoms with Gasteiger partial charge in [0.15, 0.2) is 0 Å². The molecule has 21 heavy (non-hydrogen) atoms. The van der Waals surface area contributed by atoms with E-state index in [4.69, 9.17) is 4.74 Å². The predicted molar refractivity (Wildman–Crippen MR) is 76.9 cm³/mol. The first kappa shape index (κ1) is 15.5. The highest BCUT2D eigenvalue weighted by Gasteiger charge is 2.16. The van der Waals surface area contributed by atoms with Crippen LogP contribution in [0.2, 0.25) is 0 Å². The van der Waals surface area contributed by atoms with Crippen LogP contribution in [0.25, 0.3) is 0 Å². The number of amides is 1. The molecule has 0 saturated carbocycles. The van der Waals surface area contributed by atoms with Crippen molar-refractivity contribution in [2.75, 3.05) is 26.9 Å². The van der Waals surface area contributed by atoms with Gasteiger partial charge in [-0.2, -0.15) is 0 Å². The number of rotatable bonds is 5. The molecule has 1 amide bonds. The lowest BCUT2D eigenvalue weighted by atomic mass is 10.1. The first-order valence-electron chi connectivity index (χ1n) is 6.94. The lowest BCUT2D eigenvalue weighted by Gasteiger charge is -2.23. The fourth-order valence-electron chi connectivity index (χ4n) is 2.12. The third-order valence-electron chi connectivity index (χ3n) is 3.29. The molecule has 1 aliphatic heterocycles. The SMILES string of the molecule is COC(=O)c1ccc(CNC(=O)CC2COCCN2)cc1. The summed E-state index contributed by atoms with van der Waals surface area (Å²) in [6, 6.07) is 7.05. The highest BCUT2D eigenvalue weighted by atomic mass is 16.5. The second-order valence-corrected chi connectivity index (χ2v) is 4.90. The maximum Gasteiger partial charge on any atom is 0.337 e. The molecule has 1 unspecified atom stereocenters. The second-order valence-electron chi connectivity index (χ2n) is 4.90. The van der Waals surface area contributed by atoms with E-state index in [1.807, 2.05) is 0 Å². The normalized spacial score (nSPS) is 18.0. The van der Waals surface area contributed by atoms with Crippen molar-refractivity contribution < 1.29 is 19.1 Å². The smallest absolute Gasteiger partial charge is 0.337 e. The summed E-state index contributed by atoms with van der Waals surface area (Å²) < 4.78 is 9.94. The van der Waals surface area contributed by atoms with Gasteiger partial charge in [0.1, 0.15) is 0 Å². The molecule has 1 aromatic rings. The third kappa shape index (κ3) is 4.84. The molecule has 1 atom stereocenters. The maximum atomic E-state index is 11.8. The molecule has 6 heteroatoms. The minimum Gasteiger partial charge on any atom is -0.465 e. The van der Waals surface area contributed by atoms with Crippen molar-refractivity contribution in [1.29, 1.82) is 0 Å². The summed E-state index contributed by atoms with van der Waals surface area (Å²) in [6.45, 7) is 2.49. The summed E-state index contributed by atoms with van der Waals surface area (Å²) in [5.74, 6) is -0.385. The predicted octanol–water partition coefficient (Wildman–Crippen LogP) is 0.468. The molecule has 2 rings (SSSR count). The number of nitrogens with one attached hydrogen (secondary N) is 2. The van der Waals surface area contributed by atoms with Crippen molar-refractivity contribution >= 4 is 11.9 Å². The number of hydrogen-bond donors (Lipinski definition) is 2. The average Bonchev–Trinajstić information content (AvgIpc) is 2.53. The number of carbonyl (C=O) groups is 2. The molecule has 1 saturated heterocycles. The zero-order chi connectivity index (χ0) is 15.1. The van der Waals surface area contributed by atoms with Gasteiger partial charge in [0.2, 0.25) is 5.91 Å². The molecular formula is C15H20N2O4. The van der Waals surface area contributed by atoms with Crippen molar-refractivity contribution in [2.45, 2.75) is 19.0 Å². The Hall–Kier alpha value is -1.92. The lowest BCUT2D eigenvalue weighted by molar-refractivity contribution is -0.122. The second kappa shape index (κ2) is 7.75. The molecule has 0 aliphatic carbocycles. The summed E-state index contributed by atoms with van der Waals surface area (Å²) in [6.07, 6.45) is 0.403. The Labute approximate surface area is 123 Å². The van der Waals surface area contributed by atoms with E-state index in [-0.39, 0.29) is 17.9 Å². The average molecular weight is 292 g/mol. The fourth-order valence-corrected chi connectivity index (χ4v) is 2.12. The van der Waals surface area contributed by atoms with Gasteiger partial charge in [0.05, 0.1) is 25.9 Å². The number of esters is 1. The van der Waals surface area contributed by atoms with E-state index in [0.717, 1.165) is 12.1 Å². The molecule has 1 fully saturated rings. The van der Waals surface area contributed by atoms with Gasteiger partial charge in [-0.15, -0.1) is 0 Å². The van der Waals surface area contributed by atoms with Gasteiger partial charge < -0.3 is 20.1 Å². The van der Waals surface area contributed by atoms with Crippen LogP contribution < -0.4 is 10.6 Å². The Kier molecular flexibility index (Phi) is 5.71. The van der Waals surface area contributed by atoms with Gasteiger partial charge in [-0.25, -0.2) is 4.79 Å². The van der Waals surface area contributed by atoms with Gasteiger partial charge >= 0.3 is 5.97 Å². The van der Waals surface area contributed by atoms with E-state index in [2.05, 4.69) is 15.4 Å². The van der Waals surface area contributed by atoms with Crippen LogP contribution in [-0.2, 0) is 20.8 Å². The molecule has 6 nitrogen and oxygen atoms in total. The number of carbonyl (C=O) groups excluding carboxylic acids is 2. The van der Waals surface area contributed by atoms with Gasteiger partial charge in [-0.05, 0) is 17.7 Å². The van der Waals surface area contributed by atoms with Crippen molar-refractivity contribution in [3.63, 3.8) is 0 Å². The fraction of sp³-hybridized carbons (Fsp3) is 0.467. The molecule has 1 aromatic carbocycles. The van der Waals surface area contributed by atoms with Gasteiger partial charge in [-0.1, -0.05) is 12.1 Å². The van der Waals surface area contributed by atoms with Crippen molar-refractivity contribution in [3.8, 4) is 0 Å². The van der Waals surface area contributed by atoms with Gasteiger partial charge in [0, 0.05) is 25.6 Å². The monoisotopic (exact) mass is 292 g/mol. The largest absolute Gasteiger partial charge is 0.465 e. The van der Waals surface area contributed by atoms with Crippen LogP contribution in [0.3, 0.4) is 0 Å². The maximum absolute atomic E-state index is 11.8. The standard InChI is InChI=1S/C15H20N2O4/c1-20-15(19)12-4-2-11(3-5-12)9-17-14(18)8-13-10-21-7-6-16-13/h2-5,13,16H,6-10H2,1H3,(H,17,18). The molecule has 0 bridgehead atoms. The minimum absolute atomic E-state index is 0.0185. The van der Waals surface area contributed by atoms with Crippen molar-refractivity contribution in [3.05, 3.63) is 35.4 Å². The summed E-state index contributed by atoms with van der Waals surface area (Å²) >= 11 is 0. The summed E-state index contributed by atoms with van der Waals surface area (Å²) in [7, 11) is 1.35. The number of benzene rings is 1. The van der Waals surface area contributed by atoms with Gasteiger partial charge in [0.25, 0.3) is 0 Å². The highest BCUT2D eigenvalue weighted by Crippen LogP contribution is 2.06. The Morgan fingerprint density at radius 3 is 2.76 bits per heavy atom. The number of methoxy groups -OCH3 is 1. The lowest BCUT2D eigenvalue weighted by Crippen LogP contribution is -2.44. The molecule has 2 N–H and O–H groups in total. The number of ether oxygens (including phenoxy) is 2. The zero-order valence-electron chi connectivity index (χ0n) is 12.1. The van der Waals surface area contributed by atoms with Crippen LogP contribution in [0.5, 0.6) is 0 Å². The van der Waals surface area contributed by atoms with E-state index in [1.54, 1.807) is 24.3 Å². The van der Waals surface area contributed by atoms with E-state index in [9.17, 15) is 9.59 Å². The molecule has 0 radical (unpaired) electrons. The summed E-state index contributed by atoms with van der Waals surface area (Å²) in [5.41, 5.74) is 1.43. The molecule has 1 aliphatic rings. The number of morpholine rings is 1. The highest BCUT2D eigenvalue weighted by molar-refractivity contribution is 5.89. The molecule has 0 spiro atoms. The van der Waals surface area contributed by atoms with Crippen LogP contribution in [0.15, 0.2) is 24.3 Å². The third-order valence-corrected chi connectivity index (χ3v) is 3.29. The molecule has 0 aromatic heterocycles. The minimum atomic E-state index is -0.367. The molecular weight excluding hydrogens is 272 g/mol. The van der Waals surface area contributed by atoms with E-state index in [1.165, 1.54) is 7.11 Å². The van der Waals surface area contributed by atoms with E-state index < -0.39 is 0 Å². The zero-order valence-corrected chi connectivity index (χ0v) is 12.1. The van der Waals surface area contributed by atoms with E-state index >= 15 is 0 Å². The first-order valence-corrected chi connectivity index (χ1v) is 6.94. The van der Waals surface area contributed by atoms with E-state index in [0.29, 0.717) is 31.7 Å². The van der Waals surface area contributed by atoms with Crippen LogP contribution in [0.4, 0.5) is 0 Å². The van der Waals surface area contributed by atoms with Crippen LogP contribution in [0.1, 0.15) is 22.3 Å². The summed E-state index contributed by atoms with van der Waals surface area (Å²) in [4.78, 5) is 23.1. The quantitative estimate of drug-likeness (QED) is 0.771. The van der Waals surface area contributed by atoms with Crippen molar-refractivity contribution in [1.82, 2.24) is 10.6 Å². The van der Waals surface area contributed by atoms with Crippen molar-refractivity contribution in [2.24, 2.45) is 0 Å².